The number of hydrogen-bond donors (Lipinski definition) is 1. The minimum Gasteiger partial charge on any atom is -0.492 e. The fraction of sp³-hybridized carbons (Fsp3) is 0.238. The number of carbonyl (C=O) groups excluding carboxylic acids is 1. The van der Waals surface area contributed by atoms with E-state index in [9.17, 15) is 18.0 Å². The molecule has 1 N–H and O–H groups in total. The summed E-state index contributed by atoms with van der Waals surface area (Å²) in [5.74, 6) is 1.07. The molecule has 1 aromatic heterocycles. The van der Waals surface area contributed by atoms with Gasteiger partial charge in [0.2, 0.25) is 11.8 Å². The lowest BCUT2D eigenvalue weighted by atomic mass is 10.2. The van der Waals surface area contributed by atoms with E-state index in [1.165, 1.54) is 12.1 Å². The van der Waals surface area contributed by atoms with Crippen molar-refractivity contribution in [1.29, 1.82) is 0 Å². The fourth-order valence-electron chi connectivity index (χ4n) is 2.61. The highest BCUT2D eigenvalue weighted by Gasteiger charge is 2.30. The van der Waals surface area contributed by atoms with Crippen LogP contribution in [0.15, 0.2) is 59.0 Å². The first-order valence-electron chi connectivity index (χ1n) is 8.91. The van der Waals surface area contributed by atoms with Crippen molar-refractivity contribution >= 4 is 5.91 Å². The van der Waals surface area contributed by atoms with Crippen LogP contribution in [0, 0.1) is 6.92 Å². The molecule has 0 unspecified atom stereocenters. The van der Waals surface area contributed by atoms with Crippen molar-refractivity contribution < 1.29 is 27.1 Å². The summed E-state index contributed by atoms with van der Waals surface area (Å²) in [7, 11) is 0. The Hall–Kier alpha value is -3.29. The lowest BCUT2D eigenvalue weighted by Crippen LogP contribution is -2.29. The molecular formula is C21H19F3N2O3. The van der Waals surface area contributed by atoms with Gasteiger partial charge < -0.3 is 14.5 Å². The molecule has 29 heavy (non-hydrogen) atoms. The minimum absolute atomic E-state index is 0.0580. The maximum absolute atomic E-state index is 12.5. The summed E-state index contributed by atoms with van der Waals surface area (Å²) in [6.45, 7) is 2.09. The van der Waals surface area contributed by atoms with Gasteiger partial charge in [-0.15, -0.1) is 0 Å². The third kappa shape index (κ3) is 5.60. The second-order valence-corrected chi connectivity index (χ2v) is 6.29. The minimum atomic E-state index is -4.38. The van der Waals surface area contributed by atoms with Gasteiger partial charge in [0.25, 0.3) is 0 Å². The number of benzene rings is 2. The number of aryl methyl sites for hydroxylation is 1. The Bertz CT molecular complexity index is 952. The van der Waals surface area contributed by atoms with Crippen molar-refractivity contribution in [2.75, 3.05) is 13.2 Å². The summed E-state index contributed by atoms with van der Waals surface area (Å²) in [6.07, 6.45) is -4.32. The Morgan fingerprint density at radius 1 is 1.10 bits per heavy atom. The van der Waals surface area contributed by atoms with Gasteiger partial charge in [-0.2, -0.15) is 13.2 Å². The highest BCUT2D eigenvalue weighted by Crippen LogP contribution is 2.30. The Kier molecular flexibility index (Phi) is 6.21. The molecule has 8 heteroatoms. The molecule has 0 saturated carbocycles. The number of halogens is 3. The van der Waals surface area contributed by atoms with Gasteiger partial charge in [-0.1, -0.05) is 18.2 Å². The zero-order valence-electron chi connectivity index (χ0n) is 15.6. The Labute approximate surface area is 165 Å². The fourth-order valence-corrected chi connectivity index (χ4v) is 2.61. The number of amides is 1. The van der Waals surface area contributed by atoms with Gasteiger partial charge in [0.15, 0.2) is 0 Å². The first-order chi connectivity index (χ1) is 13.8. The Morgan fingerprint density at radius 3 is 2.45 bits per heavy atom. The Morgan fingerprint density at radius 2 is 1.79 bits per heavy atom. The van der Waals surface area contributed by atoms with Crippen LogP contribution in [0.25, 0.3) is 11.5 Å². The van der Waals surface area contributed by atoms with E-state index in [0.29, 0.717) is 23.1 Å². The first kappa shape index (κ1) is 20.4. The van der Waals surface area contributed by atoms with E-state index in [0.717, 1.165) is 17.7 Å². The van der Waals surface area contributed by atoms with Crippen LogP contribution in [0.1, 0.15) is 17.0 Å². The molecule has 5 nitrogen and oxygen atoms in total. The molecular weight excluding hydrogens is 385 g/mol. The van der Waals surface area contributed by atoms with Crippen LogP contribution >= 0.6 is 0 Å². The largest absolute Gasteiger partial charge is 0.492 e. The first-order valence-corrected chi connectivity index (χ1v) is 8.91. The van der Waals surface area contributed by atoms with E-state index < -0.39 is 11.7 Å². The predicted molar refractivity (Wildman–Crippen MR) is 100 cm³/mol. The summed E-state index contributed by atoms with van der Waals surface area (Å²) >= 11 is 0. The third-order valence-electron chi connectivity index (χ3n) is 4.12. The van der Waals surface area contributed by atoms with Gasteiger partial charge in [-0.3, -0.25) is 4.79 Å². The lowest BCUT2D eigenvalue weighted by molar-refractivity contribution is -0.137. The van der Waals surface area contributed by atoms with Crippen LogP contribution in [0.3, 0.4) is 0 Å². The molecule has 0 atom stereocenters. The number of aromatic nitrogens is 1. The number of alkyl halides is 3. The summed E-state index contributed by atoms with van der Waals surface area (Å²) in [4.78, 5) is 16.5. The summed E-state index contributed by atoms with van der Waals surface area (Å²) in [6, 6.07) is 13.8. The van der Waals surface area contributed by atoms with Crippen LogP contribution in [0.4, 0.5) is 13.2 Å². The molecule has 0 fully saturated rings. The maximum Gasteiger partial charge on any atom is 0.416 e. The van der Waals surface area contributed by atoms with Crippen molar-refractivity contribution in [2.24, 2.45) is 0 Å². The maximum atomic E-state index is 12.5. The quantitative estimate of drug-likeness (QED) is 0.593. The van der Waals surface area contributed by atoms with E-state index in [-0.39, 0.29) is 25.5 Å². The van der Waals surface area contributed by atoms with Gasteiger partial charge in [0, 0.05) is 5.56 Å². The third-order valence-corrected chi connectivity index (χ3v) is 4.12. The number of oxazole rings is 1. The normalized spacial score (nSPS) is 11.3. The average Bonchev–Trinajstić information content (AvgIpc) is 3.06. The monoisotopic (exact) mass is 404 g/mol. The molecule has 3 rings (SSSR count). The number of nitrogens with zero attached hydrogens (tertiary/aromatic N) is 1. The molecule has 0 aliphatic heterocycles. The highest BCUT2D eigenvalue weighted by molar-refractivity contribution is 5.78. The lowest BCUT2D eigenvalue weighted by Gasteiger charge is -2.09. The number of carbonyl (C=O) groups is 1. The zero-order chi connectivity index (χ0) is 20.9. The molecule has 0 spiro atoms. The SMILES string of the molecule is Cc1oc(-c2ccccc2)nc1CC(=O)NCCOc1ccc(C(F)(F)F)cc1. The predicted octanol–water partition coefficient (Wildman–Crippen LogP) is 4.41. The van der Waals surface area contributed by atoms with E-state index in [2.05, 4.69) is 10.3 Å². The molecule has 1 heterocycles. The van der Waals surface area contributed by atoms with Crippen molar-refractivity contribution in [3.05, 3.63) is 71.6 Å². The summed E-state index contributed by atoms with van der Waals surface area (Å²) in [5, 5.41) is 2.69. The topological polar surface area (TPSA) is 64.4 Å². The van der Waals surface area contributed by atoms with Gasteiger partial charge in [-0.25, -0.2) is 4.98 Å². The van der Waals surface area contributed by atoms with Gasteiger partial charge in [0.1, 0.15) is 18.1 Å². The molecule has 1 amide bonds. The number of hydrogen-bond acceptors (Lipinski definition) is 4. The van der Waals surface area contributed by atoms with Gasteiger partial charge >= 0.3 is 6.18 Å². The molecule has 2 aromatic carbocycles. The highest BCUT2D eigenvalue weighted by atomic mass is 19.4. The van der Waals surface area contributed by atoms with Crippen LogP contribution < -0.4 is 10.1 Å². The van der Waals surface area contributed by atoms with Crippen molar-refractivity contribution in [1.82, 2.24) is 10.3 Å². The standard InChI is InChI=1S/C21H19F3N2O3/c1-14-18(26-20(29-14)15-5-3-2-4-6-15)13-19(27)25-11-12-28-17-9-7-16(8-10-17)21(22,23)24/h2-10H,11-13H2,1H3,(H,25,27). The van der Waals surface area contributed by atoms with Crippen molar-refractivity contribution in [3.63, 3.8) is 0 Å². The molecule has 0 saturated heterocycles. The Balaban J connectivity index is 1.45. The van der Waals surface area contributed by atoms with E-state index in [1.807, 2.05) is 30.3 Å². The smallest absolute Gasteiger partial charge is 0.416 e. The second kappa shape index (κ2) is 8.81. The van der Waals surface area contributed by atoms with Crippen molar-refractivity contribution in [3.8, 4) is 17.2 Å². The molecule has 0 aliphatic rings. The second-order valence-electron chi connectivity index (χ2n) is 6.29. The van der Waals surface area contributed by atoms with Crippen LogP contribution in [0.5, 0.6) is 5.75 Å². The molecule has 152 valence electrons. The van der Waals surface area contributed by atoms with E-state index in [4.69, 9.17) is 9.15 Å². The number of nitrogens with one attached hydrogen (secondary N) is 1. The van der Waals surface area contributed by atoms with Gasteiger partial charge in [-0.05, 0) is 43.3 Å². The summed E-state index contributed by atoms with van der Waals surface area (Å²) < 4.78 is 48.5. The molecule has 0 radical (unpaired) electrons. The molecule has 3 aromatic rings. The van der Waals surface area contributed by atoms with Crippen LogP contribution in [-0.4, -0.2) is 24.0 Å². The number of ether oxygens (including phenoxy) is 1. The molecule has 0 bridgehead atoms. The van der Waals surface area contributed by atoms with Crippen molar-refractivity contribution in [2.45, 2.75) is 19.5 Å². The van der Waals surface area contributed by atoms with E-state index in [1.54, 1.807) is 6.92 Å². The average molecular weight is 404 g/mol. The zero-order valence-corrected chi connectivity index (χ0v) is 15.6. The van der Waals surface area contributed by atoms with Crippen LogP contribution in [0.2, 0.25) is 0 Å². The summed E-state index contributed by atoms with van der Waals surface area (Å²) in [5.41, 5.74) is 0.633. The van der Waals surface area contributed by atoms with Crippen LogP contribution in [-0.2, 0) is 17.4 Å². The molecule has 0 aliphatic carbocycles. The van der Waals surface area contributed by atoms with E-state index >= 15 is 0 Å². The number of rotatable bonds is 7. The van der Waals surface area contributed by atoms with Gasteiger partial charge in [0.05, 0.1) is 24.2 Å².